The number of benzene rings is 7. The van der Waals surface area contributed by atoms with E-state index < -0.39 is 13.8 Å². The molecule has 1 aromatic heterocycles. The van der Waals surface area contributed by atoms with Gasteiger partial charge in [0.1, 0.15) is 0 Å². The van der Waals surface area contributed by atoms with Crippen molar-refractivity contribution >= 4 is 51.7 Å². The number of nitrogens with zero attached hydrogens (tertiary/aromatic N) is 1. The molecule has 0 aliphatic carbocycles. The lowest BCUT2D eigenvalue weighted by Gasteiger charge is -2.36. The van der Waals surface area contributed by atoms with Gasteiger partial charge in [0.2, 0.25) is 0 Å². The fourth-order valence-electron chi connectivity index (χ4n) is 8.09. The summed E-state index contributed by atoms with van der Waals surface area (Å²) in [6.45, 7) is 6.34. The van der Waals surface area contributed by atoms with Crippen molar-refractivity contribution < 1.29 is 12.9 Å². The average Bonchev–Trinajstić information content (AvgIpc) is 3.58. The van der Waals surface area contributed by atoms with E-state index >= 15 is 0 Å². The Kier molecular flexibility index (Phi) is 8.25. The van der Waals surface area contributed by atoms with Crippen LogP contribution in [-0.4, -0.2) is 23.1 Å². The van der Waals surface area contributed by atoms with E-state index in [4.69, 9.17) is 12.9 Å². The van der Waals surface area contributed by atoms with Crippen LogP contribution in [0.5, 0.6) is 0 Å². The average molecular weight is 686 g/mol. The van der Waals surface area contributed by atoms with Crippen molar-refractivity contribution in [1.29, 1.82) is 0 Å². The van der Waals surface area contributed by atoms with Crippen molar-refractivity contribution in [3.05, 3.63) is 157 Å². The van der Waals surface area contributed by atoms with Crippen LogP contribution in [0.15, 0.2) is 160 Å². The Hall–Kier alpha value is -5.12. The first-order valence-electron chi connectivity index (χ1n) is 17.9. The third kappa shape index (κ3) is 5.94. The summed E-state index contributed by atoms with van der Waals surface area (Å²) in [4.78, 5) is 2.57. The van der Waals surface area contributed by atoms with Crippen molar-refractivity contribution in [3.63, 3.8) is 0 Å². The van der Waals surface area contributed by atoms with E-state index in [1.165, 1.54) is 5.56 Å². The highest BCUT2D eigenvalue weighted by molar-refractivity contribution is 7.32. The van der Waals surface area contributed by atoms with Gasteiger partial charge in [0.15, 0.2) is 11.2 Å². The monoisotopic (exact) mass is 685 g/mol. The molecule has 0 amide bonds. The minimum Gasteiger partial charge on any atom is -0.398 e. The van der Waals surface area contributed by atoms with Crippen LogP contribution < -0.4 is 4.52 Å². The summed E-state index contributed by atoms with van der Waals surface area (Å²) in [6, 6.07) is 53.8. The van der Waals surface area contributed by atoms with E-state index in [-0.39, 0.29) is 6.04 Å². The summed E-state index contributed by atoms with van der Waals surface area (Å²) in [5, 5.41) is 6.60. The zero-order valence-electron chi connectivity index (χ0n) is 29.0. The molecule has 1 aliphatic rings. The normalized spacial score (nSPS) is 15.3. The minimum absolute atomic E-state index is 0.199. The molecule has 4 nitrogen and oxygen atoms in total. The van der Waals surface area contributed by atoms with Gasteiger partial charge < -0.3 is 8.39 Å². The lowest BCUT2D eigenvalue weighted by molar-refractivity contribution is 0.0476. The number of hydrogen-bond donors (Lipinski definition) is 0. The Morgan fingerprint density at radius 2 is 1.10 bits per heavy atom. The highest BCUT2D eigenvalue weighted by Gasteiger charge is 2.40. The Balaban J connectivity index is 1.36. The maximum Gasteiger partial charge on any atom is 0.388 e. The Bertz CT molecular complexity index is 2400. The van der Waals surface area contributed by atoms with E-state index in [2.05, 4.69) is 170 Å². The molecule has 9 rings (SSSR count). The predicted molar refractivity (Wildman–Crippen MR) is 213 cm³/mol. The zero-order chi connectivity index (χ0) is 34.4. The zero-order valence-corrected chi connectivity index (χ0v) is 29.9. The summed E-state index contributed by atoms with van der Waals surface area (Å²) in [5.41, 5.74) is 6.57. The van der Waals surface area contributed by atoms with Gasteiger partial charge in [0.25, 0.3) is 0 Å². The van der Waals surface area contributed by atoms with Gasteiger partial charge in [-0.3, -0.25) is 9.42 Å². The second-order valence-corrected chi connectivity index (χ2v) is 15.1. The minimum atomic E-state index is -1.90. The molecule has 7 aromatic carbocycles. The topological polar surface area (TPSA) is 38.8 Å². The van der Waals surface area contributed by atoms with Crippen LogP contribution in [0.2, 0.25) is 0 Å². The van der Waals surface area contributed by atoms with Crippen LogP contribution in [0.3, 0.4) is 0 Å². The van der Waals surface area contributed by atoms with E-state index in [0.29, 0.717) is 0 Å². The van der Waals surface area contributed by atoms with E-state index in [1.807, 2.05) is 0 Å². The number of fused-ring (bicyclic) bond motifs is 7. The summed E-state index contributed by atoms with van der Waals surface area (Å²) in [7, 11) is -1.90. The molecule has 0 N–H and O–H groups in total. The molecular formula is C46H40NO3P. The van der Waals surface area contributed by atoms with Crippen molar-refractivity contribution in [2.75, 3.05) is 6.54 Å². The summed E-state index contributed by atoms with van der Waals surface area (Å²) >= 11 is 0. The van der Waals surface area contributed by atoms with Crippen LogP contribution in [-0.2, 0) is 6.54 Å². The molecule has 1 fully saturated rings. The molecule has 0 spiro atoms. The molecule has 1 aliphatic heterocycles. The quantitative estimate of drug-likeness (QED) is 0.167. The first-order chi connectivity index (χ1) is 25.0. The van der Waals surface area contributed by atoms with E-state index in [1.54, 1.807) is 0 Å². The van der Waals surface area contributed by atoms with Crippen LogP contribution in [0.1, 0.15) is 32.3 Å². The Labute approximate surface area is 299 Å². The van der Waals surface area contributed by atoms with Gasteiger partial charge in [0, 0.05) is 34.5 Å². The smallest absolute Gasteiger partial charge is 0.388 e. The molecule has 1 atom stereocenters. The third-order valence-corrected chi connectivity index (χ3v) is 11.7. The highest BCUT2D eigenvalue weighted by atomic mass is 31.1. The molecule has 1 saturated heterocycles. The highest BCUT2D eigenvalue weighted by Crippen LogP contribution is 2.48. The van der Waals surface area contributed by atoms with Crippen molar-refractivity contribution in [1.82, 2.24) is 4.90 Å². The molecule has 8 aromatic rings. The number of likely N-dealkylation sites (tertiary alicyclic amines) is 1. The van der Waals surface area contributed by atoms with Gasteiger partial charge in [-0.2, -0.15) is 0 Å². The van der Waals surface area contributed by atoms with Crippen LogP contribution in [0, 0.1) is 0 Å². The maximum absolute atomic E-state index is 7.22. The van der Waals surface area contributed by atoms with Crippen LogP contribution in [0.25, 0.3) is 65.7 Å². The number of rotatable bonds is 7. The second-order valence-electron chi connectivity index (χ2n) is 14.1. The Morgan fingerprint density at radius 3 is 1.63 bits per heavy atom. The van der Waals surface area contributed by atoms with E-state index in [0.717, 1.165) is 91.7 Å². The van der Waals surface area contributed by atoms with Gasteiger partial charge in [-0.1, -0.05) is 140 Å². The van der Waals surface area contributed by atoms with Gasteiger partial charge >= 0.3 is 8.24 Å². The molecule has 2 heterocycles. The first kappa shape index (κ1) is 31.8. The van der Waals surface area contributed by atoms with Crippen molar-refractivity contribution in [3.8, 4) is 22.3 Å². The first-order valence-corrected chi connectivity index (χ1v) is 19.0. The third-order valence-electron chi connectivity index (χ3n) is 10.5. The lowest BCUT2D eigenvalue weighted by atomic mass is 9.91. The molecule has 51 heavy (non-hydrogen) atoms. The molecular weight excluding hydrogens is 645 g/mol. The second kappa shape index (κ2) is 13.2. The maximum atomic E-state index is 7.22. The van der Waals surface area contributed by atoms with E-state index in [9.17, 15) is 0 Å². The van der Waals surface area contributed by atoms with Crippen LogP contribution >= 0.6 is 8.24 Å². The molecule has 0 unspecified atom stereocenters. The lowest BCUT2D eigenvalue weighted by Crippen LogP contribution is -2.48. The predicted octanol–water partition coefficient (Wildman–Crippen LogP) is 12.8. The summed E-state index contributed by atoms with van der Waals surface area (Å²) in [5.74, 6) is 0. The fraction of sp³-hybridized carbons (Fsp3) is 0.174. The summed E-state index contributed by atoms with van der Waals surface area (Å²) < 4.78 is 21.7. The van der Waals surface area contributed by atoms with Gasteiger partial charge in [0.05, 0.1) is 5.60 Å². The number of hydrogen-bond acceptors (Lipinski definition) is 4. The molecule has 0 bridgehead atoms. The SMILES string of the molecule is CC(C)(Op1oc2c(-c3ccccc3)cc3ccccc3c2c2c(o1)c(-c1ccccc1)cc1ccccc12)[C@@H]1CCCN1Cc1ccccc1. The van der Waals surface area contributed by atoms with Crippen molar-refractivity contribution in [2.24, 2.45) is 0 Å². The molecule has 0 saturated carbocycles. The van der Waals surface area contributed by atoms with Crippen molar-refractivity contribution in [2.45, 2.75) is 44.9 Å². The molecule has 252 valence electrons. The van der Waals surface area contributed by atoms with Gasteiger partial charge in [-0.15, -0.1) is 0 Å². The van der Waals surface area contributed by atoms with Gasteiger partial charge in [-0.25, -0.2) is 0 Å². The van der Waals surface area contributed by atoms with Gasteiger partial charge in [-0.05, 0) is 83.6 Å². The molecule has 5 heteroatoms. The Morgan fingerprint density at radius 1 is 0.627 bits per heavy atom. The van der Waals surface area contributed by atoms with Crippen LogP contribution in [0.4, 0.5) is 0 Å². The summed E-state index contributed by atoms with van der Waals surface area (Å²) in [6.07, 6.45) is 2.18. The standard InChI is InChI=1S/C46H40NO3P/c1-46(2,41-27-16-28-47(41)31-32-17-6-3-7-18-32)50-51-48-44-39(33-19-8-4-9-20-33)29-35-23-12-14-25-37(35)42(44)43-38-26-15-13-24-36(38)30-40(45(43)49-51)34-21-10-5-11-22-34/h3-15,17-26,29-30,41H,16,27-28,31H2,1-2H3/t41-/m0/s1. The largest absolute Gasteiger partial charge is 0.398 e. The fourth-order valence-corrected chi connectivity index (χ4v) is 9.38. The molecule has 0 radical (unpaired) electrons.